The van der Waals surface area contributed by atoms with Gasteiger partial charge in [0.15, 0.2) is 0 Å². The molecule has 0 radical (unpaired) electrons. The molecule has 1 aromatic heterocycles. The smallest absolute Gasteiger partial charge is 0.339 e. The van der Waals surface area contributed by atoms with E-state index >= 15 is 0 Å². The van der Waals surface area contributed by atoms with Gasteiger partial charge in [-0.05, 0) is 12.1 Å². The number of hydrogen-bond acceptors (Lipinski definition) is 3. The molecule has 0 spiro atoms. The van der Waals surface area contributed by atoms with Gasteiger partial charge in [0, 0.05) is 20.1 Å². The van der Waals surface area contributed by atoms with E-state index in [0.29, 0.717) is 6.54 Å². The number of aryl methyl sites for hydroxylation is 1. The zero-order valence-electron chi connectivity index (χ0n) is 11.8. The molecule has 1 aromatic carbocycles. The van der Waals surface area contributed by atoms with Gasteiger partial charge in [-0.25, -0.2) is 4.79 Å². The molecule has 0 unspecified atom stereocenters. The maximum absolute atomic E-state index is 11.2. The molecule has 0 saturated carbocycles. The summed E-state index contributed by atoms with van der Waals surface area (Å²) in [5.74, 6) is -0.927. The van der Waals surface area contributed by atoms with Crippen LogP contribution in [0.15, 0.2) is 36.5 Å². The van der Waals surface area contributed by atoms with Crippen LogP contribution in [-0.2, 0) is 20.1 Å². The molecule has 0 amide bonds. The molecule has 0 bridgehead atoms. The first-order valence-electron chi connectivity index (χ1n) is 6.62. The number of carboxylic acids is 1. The maximum atomic E-state index is 11.2. The van der Waals surface area contributed by atoms with Crippen LogP contribution in [0.2, 0.25) is 0 Å². The summed E-state index contributed by atoms with van der Waals surface area (Å²) in [6.07, 6.45) is 1.41. The molecule has 0 aliphatic heterocycles. The van der Waals surface area contributed by atoms with Gasteiger partial charge in [-0.15, -0.1) is 0 Å². The number of aromatic nitrogens is 2. The molecule has 5 heteroatoms. The highest BCUT2D eigenvalue weighted by Gasteiger charge is 2.17. The maximum Gasteiger partial charge on any atom is 0.339 e. The molecule has 2 aromatic rings. The molecule has 0 fully saturated rings. The minimum absolute atomic E-state index is 0.277. The minimum Gasteiger partial charge on any atom is -0.478 e. The monoisotopic (exact) mass is 273 g/mol. The lowest BCUT2D eigenvalue weighted by Crippen LogP contribution is -2.24. The van der Waals surface area contributed by atoms with Crippen molar-refractivity contribution in [1.29, 1.82) is 0 Å². The standard InChI is InChI=1S/C15H19N3O2/c1-3-18(10-12-7-5-4-6-8-12)11-14-13(15(19)20)9-16-17(14)2/h4-9H,3,10-11H2,1-2H3,(H,19,20). The third-order valence-electron chi connectivity index (χ3n) is 3.36. The summed E-state index contributed by atoms with van der Waals surface area (Å²) >= 11 is 0. The fraction of sp³-hybridized carbons (Fsp3) is 0.333. The van der Waals surface area contributed by atoms with Crippen LogP contribution >= 0.6 is 0 Å². The number of hydrogen-bond donors (Lipinski definition) is 1. The van der Waals surface area contributed by atoms with E-state index in [2.05, 4.69) is 29.1 Å². The molecule has 0 atom stereocenters. The molecule has 0 aliphatic carbocycles. The second-order valence-electron chi connectivity index (χ2n) is 4.72. The van der Waals surface area contributed by atoms with Gasteiger partial charge in [-0.1, -0.05) is 37.3 Å². The highest BCUT2D eigenvalue weighted by molar-refractivity contribution is 5.88. The fourth-order valence-corrected chi connectivity index (χ4v) is 2.16. The average Bonchev–Trinajstić information content (AvgIpc) is 2.81. The SMILES string of the molecule is CCN(Cc1ccccc1)Cc1c(C(=O)O)cnn1C. The Balaban J connectivity index is 2.14. The van der Waals surface area contributed by atoms with Crippen molar-refractivity contribution >= 4 is 5.97 Å². The highest BCUT2D eigenvalue weighted by atomic mass is 16.4. The topological polar surface area (TPSA) is 58.4 Å². The van der Waals surface area contributed by atoms with Crippen LogP contribution in [0.5, 0.6) is 0 Å². The Bertz CT molecular complexity index is 578. The predicted molar refractivity (Wildman–Crippen MR) is 76.4 cm³/mol. The van der Waals surface area contributed by atoms with Crippen molar-refractivity contribution in [2.24, 2.45) is 7.05 Å². The number of nitrogens with zero attached hydrogens (tertiary/aromatic N) is 3. The third-order valence-corrected chi connectivity index (χ3v) is 3.36. The van der Waals surface area contributed by atoms with E-state index in [1.807, 2.05) is 18.2 Å². The van der Waals surface area contributed by atoms with Gasteiger partial charge < -0.3 is 5.11 Å². The van der Waals surface area contributed by atoms with Crippen LogP contribution in [0.4, 0.5) is 0 Å². The molecular formula is C15H19N3O2. The van der Waals surface area contributed by atoms with E-state index in [1.165, 1.54) is 11.8 Å². The van der Waals surface area contributed by atoms with Crippen molar-refractivity contribution in [3.05, 3.63) is 53.3 Å². The van der Waals surface area contributed by atoms with Crippen LogP contribution in [-0.4, -0.2) is 32.3 Å². The van der Waals surface area contributed by atoms with E-state index in [4.69, 9.17) is 0 Å². The van der Waals surface area contributed by atoms with Gasteiger partial charge in [0.05, 0.1) is 11.9 Å². The Morgan fingerprint density at radius 3 is 2.60 bits per heavy atom. The minimum atomic E-state index is -0.927. The van der Waals surface area contributed by atoms with Crippen LogP contribution in [0.3, 0.4) is 0 Å². The van der Waals surface area contributed by atoms with Crippen LogP contribution in [0.25, 0.3) is 0 Å². The number of benzene rings is 1. The molecule has 5 nitrogen and oxygen atoms in total. The molecule has 1 heterocycles. The lowest BCUT2D eigenvalue weighted by molar-refractivity contribution is 0.0694. The van der Waals surface area contributed by atoms with Crippen molar-refractivity contribution in [3.8, 4) is 0 Å². The first-order valence-corrected chi connectivity index (χ1v) is 6.62. The summed E-state index contributed by atoms with van der Waals surface area (Å²) in [5, 5.41) is 13.2. The number of aromatic carboxylic acids is 1. The van der Waals surface area contributed by atoms with Gasteiger partial charge in [0.25, 0.3) is 0 Å². The molecule has 1 N–H and O–H groups in total. The Morgan fingerprint density at radius 1 is 1.30 bits per heavy atom. The molecular weight excluding hydrogens is 254 g/mol. The first-order chi connectivity index (χ1) is 9.61. The normalized spacial score (nSPS) is 10.9. The van der Waals surface area contributed by atoms with Crippen molar-refractivity contribution in [2.45, 2.75) is 20.0 Å². The molecule has 20 heavy (non-hydrogen) atoms. The summed E-state index contributed by atoms with van der Waals surface area (Å²) in [6, 6.07) is 10.2. The molecule has 106 valence electrons. The van der Waals surface area contributed by atoms with E-state index in [1.54, 1.807) is 11.7 Å². The zero-order valence-corrected chi connectivity index (χ0v) is 11.8. The van der Waals surface area contributed by atoms with Gasteiger partial charge in [-0.3, -0.25) is 9.58 Å². The largest absolute Gasteiger partial charge is 0.478 e. The molecule has 2 rings (SSSR count). The average molecular weight is 273 g/mol. The van der Waals surface area contributed by atoms with Crippen molar-refractivity contribution in [3.63, 3.8) is 0 Å². The van der Waals surface area contributed by atoms with Crippen molar-refractivity contribution in [1.82, 2.24) is 14.7 Å². The van der Waals surface area contributed by atoms with E-state index in [0.717, 1.165) is 18.8 Å². The van der Waals surface area contributed by atoms with Gasteiger partial charge in [0.1, 0.15) is 5.56 Å². The Hall–Kier alpha value is -2.14. The second-order valence-corrected chi connectivity index (χ2v) is 4.72. The summed E-state index contributed by atoms with van der Waals surface area (Å²) in [7, 11) is 1.78. The molecule has 0 saturated heterocycles. The fourth-order valence-electron chi connectivity index (χ4n) is 2.16. The van der Waals surface area contributed by atoms with Gasteiger partial charge in [-0.2, -0.15) is 5.10 Å². The van der Waals surface area contributed by atoms with Crippen molar-refractivity contribution in [2.75, 3.05) is 6.54 Å². The lowest BCUT2D eigenvalue weighted by atomic mass is 10.2. The Labute approximate surface area is 118 Å². The quantitative estimate of drug-likeness (QED) is 0.876. The Morgan fingerprint density at radius 2 is 2.00 bits per heavy atom. The first kappa shape index (κ1) is 14.3. The number of carbonyl (C=O) groups is 1. The lowest BCUT2D eigenvalue weighted by Gasteiger charge is -2.21. The van der Waals surface area contributed by atoms with E-state index in [-0.39, 0.29) is 5.56 Å². The van der Waals surface area contributed by atoms with E-state index in [9.17, 15) is 9.90 Å². The summed E-state index contributed by atoms with van der Waals surface area (Å²) in [4.78, 5) is 13.4. The van der Waals surface area contributed by atoms with Crippen LogP contribution in [0.1, 0.15) is 28.5 Å². The Kier molecular flexibility index (Phi) is 4.53. The summed E-state index contributed by atoms with van der Waals surface area (Å²) < 4.78 is 1.64. The summed E-state index contributed by atoms with van der Waals surface area (Å²) in [5.41, 5.74) is 2.22. The van der Waals surface area contributed by atoms with Gasteiger partial charge >= 0.3 is 5.97 Å². The zero-order chi connectivity index (χ0) is 14.5. The highest BCUT2D eigenvalue weighted by Crippen LogP contribution is 2.13. The molecule has 0 aliphatic rings. The van der Waals surface area contributed by atoms with Crippen LogP contribution in [0, 0.1) is 0 Å². The van der Waals surface area contributed by atoms with Gasteiger partial charge in [0.2, 0.25) is 0 Å². The number of carboxylic acid groups (broad SMARTS) is 1. The van der Waals surface area contributed by atoms with Crippen molar-refractivity contribution < 1.29 is 9.90 Å². The second kappa shape index (κ2) is 6.34. The predicted octanol–water partition coefficient (Wildman–Crippen LogP) is 2.14. The summed E-state index contributed by atoms with van der Waals surface area (Å²) in [6.45, 7) is 4.28. The number of rotatable bonds is 6. The van der Waals surface area contributed by atoms with Crippen LogP contribution < -0.4 is 0 Å². The third kappa shape index (κ3) is 3.24. The van der Waals surface area contributed by atoms with E-state index < -0.39 is 5.97 Å².